The fourth-order valence-corrected chi connectivity index (χ4v) is 2.18. The third kappa shape index (κ3) is 5.32. The Hall–Kier alpha value is -1.66. The fraction of sp³-hybridized carbons (Fsp3) is 0.600. The van der Waals surface area contributed by atoms with Gasteiger partial charge in [0.25, 0.3) is 0 Å². The third-order valence-electron chi connectivity index (χ3n) is 3.25. The molecule has 0 saturated carbocycles. The van der Waals surface area contributed by atoms with E-state index in [0.717, 1.165) is 37.7 Å². The van der Waals surface area contributed by atoms with Crippen molar-refractivity contribution in [2.24, 2.45) is 5.73 Å². The summed E-state index contributed by atoms with van der Waals surface area (Å²) in [4.78, 5) is 18.4. The molecule has 0 bridgehead atoms. The summed E-state index contributed by atoms with van der Waals surface area (Å²) < 4.78 is 5.32. The molecule has 1 amide bonds. The number of nitrogens with two attached hydrogens (primary N) is 1. The van der Waals surface area contributed by atoms with Crippen molar-refractivity contribution in [3.8, 4) is 0 Å². The van der Waals surface area contributed by atoms with Gasteiger partial charge in [0.05, 0.1) is 13.2 Å². The van der Waals surface area contributed by atoms with E-state index in [1.54, 1.807) is 6.20 Å². The van der Waals surface area contributed by atoms with E-state index in [1.165, 1.54) is 0 Å². The van der Waals surface area contributed by atoms with Gasteiger partial charge >= 0.3 is 0 Å². The van der Waals surface area contributed by atoms with Crippen LogP contribution in [0.25, 0.3) is 0 Å². The number of pyridine rings is 1. The van der Waals surface area contributed by atoms with Crippen molar-refractivity contribution < 1.29 is 9.53 Å². The maximum Gasteiger partial charge on any atom is 0.222 e. The minimum Gasteiger partial charge on any atom is -0.378 e. The summed E-state index contributed by atoms with van der Waals surface area (Å²) in [6.45, 7) is 7.38. The van der Waals surface area contributed by atoms with Crippen LogP contribution >= 0.6 is 0 Å². The SMILES string of the molecule is CC(C)(N)CC(=O)NCc1ccc(N2CCOCC2)nc1. The second-order valence-electron chi connectivity index (χ2n) is 6.07. The van der Waals surface area contributed by atoms with Crippen LogP contribution in [0.5, 0.6) is 0 Å². The molecule has 1 aliphatic rings. The molecule has 2 rings (SSSR count). The second kappa shape index (κ2) is 6.87. The van der Waals surface area contributed by atoms with Gasteiger partial charge in [-0.1, -0.05) is 6.07 Å². The number of nitrogens with zero attached hydrogens (tertiary/aromatic N) is 2. The molecule has 116 valence electrons. The van der Waals surface area contributed by atoms with Gasteiger partial charge in [0, 0.05) is 37.8 Å². The molecule has 1 saturated heterocycles. The molecular weight excluding hydrogens is 268 g/mol. The van der Waals surface area contributed by atoms with E-state index in [-0.39, 0.29) is 5.91 Å². The average Bonchev–Trinajstić information content (AvgIpc) is 2.45. The number of rotatable bonds is 5. The van der Waals surface area contributed by atoms with E-state index in [4.69, 9.17) is 10.5 Å². The van der Waals surface area contributed by atoms with Gasteiger partial charge in [-0.15, -0.1) is 0 Å². The zero-order valence-corrected chi connectivity index (χ0v) is 12.8. The van der Waals surface area contributed by atoms with Crippen LogP contribution in [0, 0.1) is 0 Å². The lowest BCUT2D eigenvalue weighted by molar-refractivity contribution is -0.122. The first kappa shape index (κ1) is 15.7. The van der Waals surface area contributed by atoms with Crippen LogP contribution in [0.4, 0.5) is 5.82 Å². The summed E-state index contributed by atoms with van der Waals surface area (Å²) in [5, 5.41) is 2.86. The standard InChI is InChI=1S/C15H24N4O2/c1-15(2,16)9-14(20)18-11-12-3-4-13(17-10-12)19-5-7-21-8-6-19/h3-4,10H,5-9,11,16H2,1-2H3,(H,18,20). The van der Waals surface area contributed by atoms with Crippen LogP contribution in [0.2, 0.25) is 0 Å². The highest BCUT2D eigenvalue weighted by Crippen LogP contribution is 2.13. The van der Waals surface area contributed by atoms with Crippen molar-refractivity contribution in [2.75, 3.05) is 31.2 Å². The van der Waals surface area contributed by atoms with E-state index in [9.17, 15) is 4.79 Å². The van der Waals surface area contributed by atoms with Gasteiger partial charge < -0.3 is 20.7 Å². The first-order valence-corrected chi connectivity index (χ1v) is 7.27. The van der Waals surface area contributed by atoms with Gasteiger partial charge in [0.1, 0.15) is 5.82 Å². The number of hydrogen-bond acceptors (Lipinski definition) is 5. The largest absolute Gasteiger partial charge is 0.378 e. The predicted octanol–water partition coefficient (Wildman–Crippen LogP) is 0.662. The zero-order valence-electron chi connectivity index (χ0n) is 12.8. The highest BCUT2D eigenvalue weighted by Gasteiger charge is 2.16. The first-order chi connectivity index (χ1) is 9.94. The van der Waals surface area contributed by atoms with Crippen LogP contribution in [0.3, 0.4) is 0 Å². The molecule has 2 heterocycles. The normalized spacial score (nSPS) is 15.9. The number of amides is 1. The minimum atomic E-state index is -0.484. The lowest BCUT2D eigenvalue weighted by Gasteiger charge is -2.27. The molecule has 6 heteroatoms. The zero-order chi connectivity index (χ0) is 15.3. The Kier molecular flexibility index (Phi) is 5.14. The fourth-order valence-electron chi connectivity index (χ4n) is 2.18. The topological polar surface area (TPSA) is 80.5 Å². The number of morpholine rings is 1. The predicted molar refractivity (Wildman–Crippen MR) is 82.0 cm³/mol. The summed E-state index contributed by atoms with van der Waals surface area (Å²) in [7, 11) is 0. The Morgan fingerprint density at radius 3 is 2.71 bits per heavy atom. The van der Waals surface area contributed by atoms with E-state index in [0.29, 0.717) is 13.0 Å². The highest BCUT2D eigenvalue weighted by molar-refractivity contribution is 5.77. The van der Waals surface area contributed by atoms with Crippen LogP contribution < -0.4 is 16.0 Å². The number of aromatic nitrogens is 1. The van der Waals surface area contributed by atoms with Crippen molar-refractivity contribution in [1.29, 1.82) is 0 Å². The van der Waals surface area contributed by atoms with Crippen LogP contribution in [0.15, 0.2) is 18.3 Å². The smallest absolute Gasteiger partial charge is 0.222 e. The maximum absolute atomic E-state index is 11.7. The third-order valence-corrected chi connectivity index (χ3v) is 3.25. The molecule has 0 spiro atoms. The second-order valence-corrected chi connectivity index (χ2v) is 6.07. The molecule has 3 N–H and O–H groups in total. The van der Waals surface area contributed by atoms with Crippen LogP contribution in [-0.4, -0.2) is 42.7 Å². The average molecular weight is 292 g/mol. The molecule has 0 unspecified atom stereocenters. The highest BCUT2D eigenvalue weighted by atomic mass is 16.5. The van der Waals surface area contributed by atoms with Crippen molar-refractivity contribution >= 4 is 11.7 Å². The molecule has 1 fully saturated rings. The summed E-state index contributed by atoms with van der Waals surface area (Å²) in [5.74, 6) is 0.913. The molecule has 6 nitrogen and oxygen atoms in total. The molecular formula is C15H24N4O2. The number of carbonyl (C=O) groups is 1. The molecule has 1 aromatic rings. The van der Waals surface area contributed by atoms with Gasteiger partial charge in [0.2, 0.25) is 5.91 Å². The molecule has 21 heavy (non-hydrogen) atoms. The Balaban J connectivity index is 1.83. The summed E-state index contributed by atoms with van der Waals surface area (Å²) in [6.07, 6.45) is 2.12. The van der Waals surface area contributed by atoms with Gasteiger partial charge in [-0.2, -0.15) is 0 Å². The quantitative estimate of drug-likeness (QED) is 0.833. The number of hydrogen-bond donors (Lipinski definition) is 2. The lowest BCUT2D eigenvalue weighted by Crippen LogP contribution is -2.38. The van der Waals surface area contributed by atoms with E-state index < -0.39 is 5.54 Å². The molecule has 1 aromatic heterocycles. The Labute approximate surface area is 125 Å². The van der Waals surface area contributed by atoms with Gasteiger partial charge in [-0.25, -0.2) is 4.98 Å². The number of ether oxygens (including phenoxy) is 1. The number of nitrogens with one attached hydrogen (secondary N) is 1. The first-order valence-electron chi connectivity index (χ1n) is 7.27. The van der Waals surface area contributed by atoms with Crippen molar-refractivity contribution in [1.82, 2.24) is 10.3 Å². The Morgan fingerprint density at radius 1 is 1.43 bits per heavy atom. The molecule has 1 aliphatic heterocycles. The van der Waals surface area contributed by atoms with E-state index in [1.807, 2.05) is 26.0 Å². The van der Waals surface area contributed by atoms with Gasteiger partial charge in [-0.3, -0.25) is 4.79 Å². The molecule has 0 aliphatic carbocycles. The summed E-state index contributed by atoms with van der Waals surface area (Å²) >= 11 is 0. The molecule has 0 atom stereocenters. The Morgan fingerprint density at radius 2 is 2.14 bits per heavy atom. The van der Waals surface area contributed by atoms with Gasteiger partial charge in [-0.05, 0) is 25.5 Å². The van der Waals surface area contributed by atoms with E-state index >= 15 is 0 Å². The van der Waals surface area contributed by atoms with E-state index in [2.05, 4.69) is 15.2 Å². The molecule has 0 radical (unpaired) electrons. The van der Waals surface area contributed by atoms with Crippen molar-refractivity contribution in [3.63, 3.8) is 0 Å². The van der Waals surface area contributed by atoms with Crippen molar-refractivity contribution in [3.05, 3.63) is 23.9 Å². The van der Waals surface area contributed by atoms with Crippen LogP contribution in [-0.2, 0) is 16.1 Å². The van der Waals surface area contributed by atoms with Crippen LogP contribution in [0.1, 0.15) is 25.8 Å². The summed E-state index contributed by atoms with van der Waals surface area (Å²) in [5.41, 5.74) is 6.32. The van der Waals surface area contributed by atoms with Gasteiger partial charge in [0.15, 0.2) is 0 Å². The minimum absolute atomic E-state index is 0.0419. The maximum atomic E-state index is 11.7. The summed E-state index contributed by atoms with van der Waals surface area (Å²) in [6, 6.07) is 3.98. The number of carbonyl (C=O) groups excluding carboxylic acids is 1. The molecule has 0 aromatic carbocycles. The monoisotopic (exact) mass is 292 g/mol. The van der Waals surface area contributed by atoms with Crippen molar-refractivity contribution in [2.45, 2.75) is 32.4 Å². The lowest BCUT2D eigenvalue weighted by atomic mass is 10.0. The number of anilines is 1. The Bertz CT molecular complexity index is 462.